The highest BCUT2D eigenvalue weighted by Gasteiger charge is 2.13. The number of carbonyl (C=O) groups excluding carboxylic acids is 2. The average molecular weight is 265 g/mol. The molecule has 2 amide bonds. The van der Waals surface area contributed by atoms with E-state index in [4.69, 9.17) is 10.5 Å². The molecular weight excluding hydrogens is 246 g/mol. The lowest BCUT2D eigenvalue weighted by Gasteiger charge is -2.15. The molecule has 6 heteroatoms. The molecule has 0 radical (unpaired) electrons. The number of rotatable bonds is 5. The molecule has 0 saturated heterocycles. The molecule has 0 aliphatic heterocycles. The van der Waals surface area contributed by atoms with E-state index >= 15 is 0 Å². The number of amides is 2. The number of benzene rings is 1. The molecular formula is C13H19N3O3. The summed E-state index contributed by atoms with van der Waals surface area (Å²) >= 11 is 0. The third kappa shape index (κ3) is 3.87. The molecule has 19 heavy (non-hydrogen) atoms. The zero-order valence-electron chi connectivity index (χ0n) is 11.4. The summed E-state index contributed by atoms with van der Waals surface area (Å²) in [5, 5.41) is 2.54. The van der Waals surface area contributed by atoms with E-state index < -0.39 is 0 Å². The average Bonchev–Trinajstić information content (AvgIpc) is 2.43. The van der Waals surface area contributed by atoms with Gasteiger partial charge in [0.15, 0.2) is 0 Å². The predicted octanol–water partition coefficient (Wildman–Crippen LogP) is 0.485. The van der Waals surface area contributed by atoms with Crippen molar-refractivity contribution in [3.05, 3.63) is 23.8 Å². The van der Waals surface area contributed by atoms with Gasteiger partial charge in [0.05, 0.1) is 19.2 Å². The van der Waals surface area contributed by atoms with Gasteiger partial charge in [0, 0.05) is 25.3 Å². The predicted molar refractivity (Wildman–Crippen MR) is 73.1 cm³/mol. The number of hydrogen-bond donors (Lipinski definition) is 2. The van der Waals surface area contributed by atoms with Gasteiger partial charge in [-0.2, -0.15) is 0 Å². The monoisotopic (exact) mass is 265 g/mol. The summed E-state index contributed by atoms with van der Waals surface area (Å²) in [7, 11) is 3.20. The molecule has 1 rings (SSSR count). The zero-order valence-corrected chi connectivity index (χ0v) is 11.4. The molecule has 0 fully saturated rings. The second-order valence-corrected chi connectivity index (χ2v) is 4.04. The maximum Gasteiger partial charge on any atom is 0.253 e. The smallest absolute Gasteiger partial charge is 0.253 e. The SMILES string of the molecule is CCN(C)C(=O)CNC(=O)c1ccc(OC)cc1N. The van der Waals surface area contributed by atoms with Gasteiger partial charge in [-0.15, -0.1) is 0 Å². The number of nitrogens with two attached hydrogens (primary N) is 1. The Morgan fingerprint density at radius 1 is 1.42 bits per heavy atom. The first-order valence-electron chi connectivity index (χ1n) is 5.95. The highest BCUT2D eigenvalue weighted by Crippen LogP contribution is 2.19. The van der Waals surface area contributed by atoms with E-state index in [-0.39, 0.29) is 18.4 Å². The van der Waals surface area contributed by atoms with E-state index in [1.807, 2.05) is 6.92 Å². The third-order valence-corrected chi connectivity index (χ3v) is 2.80. The summed E-state index contributed by atoms with van der Waals surface area (Å²) in [5.41, 5.74) is 6.39. The minimum atomic E-state index is -0.377. The highest BCUT2D eigenvalue weighted by molar-refractivity contribution is 6.00. The molecule has 0 atom stereocenters. The molecule has 0 heterocycles. The van der Waals surface area contributed by atoms with Crippen LogP contribution in [0.25, 0.3) is 0 Å². The minimum Gasteiger partial charge on any atom is -0.497 e. The van der Waals surface area contributed by atoms with Crippen LogP contribution >= 0.6 is 0 Å². The summed E-state index contributed by atoms with van der Waals surface area (Å²) < 4.78 is 5.00. The largest absolute Gasteiger partial charge is 0.497 e. The lowest BCUT2D eigenvalue weighted by molar-refractivity contribution is -0.128. The molecule has 0 aliphatic rings. The van der Waals surface area contributed by atoms with Crippen LogP contribution in [0.3, 0.4) is 0 Å². The fourth-order valence-corrected chi connectivity index (χ4v) is 1.44. The van der Waals surface area contributed by atoms with Crippen molar-refractivity contribution in [2.45, 2.75) is 6.92 Å². The second kappa shape index (κ2) is 6.63. The van der Waals surface area contributed by atoms with Crippen LogP contribution in [0.4, 0.5) is 5.69 Å². The second-order valence-electron chi connectivity index (χ2n) is 4.04. The first-order chi connectivity index (χ1) is 8.99. The lowest BCUT2D eigenvalue weighted by Crippen LogP contribution is -2.38. The molecule has 0 aromatic heterocycles. The maximum absolute atomic E-state index is 11.9. The van der Waals surface area contributed by atoms with Gasteiger partial charge in [-0.3, -0.25) is 9.59 Å². The summed E-state index contributed by atoms with van der Waals surface area (Å²) in [6.45, 7) is 2.41. The molecule has 104 valence electrons. The first kappa shape index (κ1) is 14.8. The first-order valence-corrected chi connectivity index (χ1v) is 5.95. The number of ether oxygens (including phenoxy) is 1. The fraction of sp³-hybridized carbons (Fsp3) is 0.385. The van der Waals surface area contributed by atoms with E-state index in [1.54, 1.807) is 25.2 Å². The number of nitrogens with one attached hydrogen (secondary N) is 1. The van der Waals surface area contributed by atoms with Gasteiger partial charge in [-0.05, 0) is 19.1 Å². The van der Waals surface area contributed by atoms with Gasteiger partial charge in [0.25, 0.3) is 5.91 Å². The van der Waals surface area contributed by atoms with E-state index in [0.29, 0.717) is 23.5 Å². The maximum atomic E-state index is 11.9. The number of anilines is 1. The van der Waals surface area contributed by atoms with Crippen molar-refractivity contribution < 1.29 is 14.3 Å². The Hall–Kier alpha value is -2.24. The van der Waals surface area contributed by atoms with Crippen LogP contribution in [0.5, 0.6) is 5.75 Å². The van der Waals surface area contributed by atoms with Crippen molar-refractivity contribution in [2.75, 3.05) is 33.0 Å². The van der Waals surface area contributed by atoms with Gasteiger partial charge >= 0.3 is 0 Å². The molecule has 0 saturated carbocycles. The number of hydrogen-bond acceptors (Lipinski definition) is 4. The highest BCUT2D eigenvalue weighted by atomic mass is 16.5. The molecule has 0 bridgehead atoms. The molecule has 0 spiro atoms. The minimum absolute atomic E-state index is 0.0470. The van der Waals surface area contributed by atoms with Crippen LogP contribution in [0, 0.1) is 0 Å². The molecule has 3 N–H and O–H groups in total. The quantitative estimate of drug-likeness (QED) is 0.759. The van der Waals surface area contributed by atoms with Crippen LogP contribution in [0.15, 0.2) is 18.2 Å². The molecule has 1 aromatic rings. The third-order valence-electron chi connectivity index (χ3n) is 2.80. The molecule has 0 unspecified atom stereocenters. The molecule has 0 aliphatic carbocycles. The Balaban J connectivity index is 2.66. The summed E-state index contributed by atoms with van der Waals surface area (Å²) in [5.74, 6) is 0.0526. The Bertz CT molecular complexity index is 474. The zero-order chi connectivity index (χ0) is 14.4. The van der Waals surface area contributed by atoms with Crippen molar-refractivity contribution in [1.29, 1.82) is 0 Å². The number of methoxy groups -OCH3 is 1. The van der Waals surface area contributed by atoms with Crippen molar-refractivity contribution >= 4 is 17.5 Å². The van der Waals surface area contributed by atoms with Crippen LogP contribution in [-0.2, 0) is 4.79 Å². The van der Waals surface area contributed by atoms with Gasteiger partial charge in [-0.1, -0.05) is 0 Å². The summed E-state index contributed by atoms with van der Waals surface area (Å²) in [6.07, 6.45) is 0. The number of nitrogen functional groups attached to an aromatic ring is 1. The number of carbonyl (C=O) groups is 2. The fourth-order valence-electron chi connectivity index (χ4n) is 1.44. The number of likely N-dealkylation sites (N-methyl/N-ethyl adjacent to an activating group) is 1. The van der Waals surface area contributed by atoms with Gasteiger partial charge in [0.2, 0.25) is 5.91 Å². The van der Waals surface area contributed by atoms with Gasteiger partial charge in [-0.25, -0.2) is 0 Å². The molecule has 1 aromatic carbocycles. The Morgan fingerprint density at radius 2 is 2.11 bits per heavy atom. The van der Waals surface area contributed by atoms with Crippen LogP contribution < -0.4 is 15.8 Å². The van der Waals surface area contributed by atoms with Crippen molar-refractivity contribution in [2.24, 2.45) is 0 Å². The van der Waals surface area contributed by atoms with E-state index in [2.05, 4.69) is 5.32 Å². The van der Waals surface area contributed by atoms with Gasteiger partial charge in [0.1, 0.15) is 5.75 Å². The lowest BCUT2D eigenvalue weighted by atomic mass is 10.1. The van der Waals surface area contributed by atoms with E-state index in [9.17, 15) is 9.59 Å². The molecule has 6 nitrogen and oxygen atoms in total. The van der Waals surface area contributed by atoms with E-state index in [1.165, 1.54) is 12.0 Å². The number of nitrogens with zero attached hydrogens (tertiary/aromatic N) is 1. The topological polar surface area (TPSA) is 84.7 Å². The standard InChI is InChI=1S/C13H19N3O3/c1-4-16(2)12(17)8-15-13(18)10-6-5-9(19-3)7-11(10)14/h5-7H,4,8,14H2,1-3H3,(H,15,18). The van der Waals surface area contributed by atoms with Crippen molar-refractivity contribution in [1.82, 2.24) is 10.2 Å². The Kier molecular flexibility index (Phi) is 5.17. The van der Waals surface area contributed by atoms with Crippen molar-refractivity contribution in [3.63, 3.8) is 0 Å². The van der Waals surface area contributed by atoms with Crippen molar-refractivity contribution in [3.8, 4) is 5.75 Å². The summed E-state index contributed by atoms with van der Waals surface area (Å²) in [4.78, 5) is 25.0. The van der Waals surface area contributed by atoms with Crippen LogP contribution in [0.1, 0.15) is 17.3 Å². The summed E-state index contributed by atoms with van der Waals surface area (Å²) in [6, 6.07) is 4.78. The van der Waals surface area contributed by atoms with Crippen LogP contribution in [-0.4, -0.2) is 44.0 Å². The normalized spacial score (nSPS) is 9.84. The van der Waals surface area contributed by atoms with Crippen LogP contribution in [0.2, 0.25) is 0 Å². The van der Waals surface area contributed by atoms with Gasteiger partial charge < -0.3 is 20.7 Å². The Labute approximate surface area is 112 Å². The van der Waals surface area contributed by atoms with E-state index in [0.717, 1.165) is 0 Å². The Morgan fingerprint density at radius 3 is 2.63 bits per heavy atom.